The van der Waals surface area contributed by atoms with Crippen LogP contribution in [-0.4, -0.2) is 200 Å². The summed E-state index contributed by atoms with van der Waals surface area (Å²) in [6.07, 6.45) is -12.9. The molecule has 0 aliphatic carbocycles. The van der Waals surface area contributed by atoms with Crippen LogP contribution in [0.4, 0.5) is 49.1 Å². The summed E-state index contributed by atoms with van der Waals surface area (Å²) in [5.41, 5.74) is 12.6. The molecule has 0 saturated carbocycles. The molecule has 0 atom stereocenters. The highest BCUT2D eigenvalue weighted by molar-refractivity contribution is 5.97. The van der Waals surface area contributed by atoms with E-state index in [2.05, 4.69) is 58.4 Å². The number of likely N-dealkylation sites (N-methyl/N-ethyl adjacent to an activating group) is 4. The number of ether oxygens (including phenoxy) is 3. The first kappa shape index (κ1) is 92.2. The van der Waals surface area contributed by atoms with Crippen LogP contribution in [0.1, 0.15) is 126 Å². The second-order valence-corrected chi connectivity index (χ2v) is 22.2. The lowest BCUT2D eigenvalue weighted by atomic mass is 10.1. The monoisotopic (exact) mass is 1340 g/mol. The van der Waals surface area contributed by atoms with Crippen molar-refractivity contribution in [3.05, 3.63) is 142 Å². The fraction of sp³-hybridized carbons (Fsp3) is 0.531. The SMILES string of the molecule is CC(C)(C)OC(=O)OC(=O)OC(C)(C)C.CCCN(C)C.CCCNC.CN(C)CCN.CN(CCN)C(=O)c1ccc(C(F)(F)F)cc1.CN(CCNCC(=O)c1ccccc1)C(=O)c1ccc(C(F)(F)F)cc1.CNCCN.O=C(O)c1ccc(C(F)(F)F)cc1. The molecule has 0 aliphatic rings. The van der Waals surface area contributed by atoms with Crippen molar-refractivity contribution in [3.8, 4) is 0 Å². The van der Waals surface area contributed by atoms with Gasteiger partial charge in [0.15, 0.2) is 5.78 Å². The zero-order valence-corrected chi connectivity index (χ0v) is 56.6. The molecule has 20 nitrogen and oxygen atoms in total. The Hall–Kier alpha value is -7.25. The Labute approximate surface area is 543 Å². The molecule has 530 valence electrons. The molecule has 10 N–H and O–H groups in total. The number of nitrogens with two attached hydrogens (primary N) is 3. The molecule has 0 saturated heterocycles. The van der Waals surface area contributed by atoms with Crippen molar-refractivity contribution < 1.29 is 87.6 Å². The van der Waals surface area contributed by atoms with Crippen LogP contribution >= 0.6 is 0 Å². The highest BCUT2D eigenvalue weighted by Crippen LogP contribution is 2.31. The van der Waals surface area contributed by atoms with E-state index in [9.17, 15) is 68.3 Å². The smallest absolute Gasteiger partial charge is 0.478 e. The van der Waals surface area contributed by atoms with Crippen molar-refractivity contribution in [1.82, 2.24) is 35.6 Å². The number of rotatable bonds is 19. The molecule has 93 heavy (non-hydrogen) atoms. The van der Waals surface area contributed by atoms with Crippen LogP contribution < -0.4 is 33.2 Å². The number of amides is 2. The lowest BCUT2D eigenvalue weighted by molar-refractivity contribution is -0.138. The van der Waals surface area contributed by atoms with E-state index >= 15 is 0 Å². The number of alkyl halides is 9. The Morgan fingerprint density at radius 3 is 1.04 bits per heavy atom. The van der Waals surface area contributed by atoms with E-state index in [4.69, 9.17) is 31.8 Å². The normalized spacial score (nSPS) is 10.9. The Balaban J connectivity index is -0.000000523. The van der Waals surface area contributed by atoms with E-state index in [0.717, 1.165) is 106 Å². The second-order valence-electron chi connectivity index (χ2n) is 22.2. The van der Waals surface area contributed by atoms with Gasteiger partial charge in [-0.3, -0.25) is 14.4 Å². The molecule has 4 aromatic carbocycles. The van der Waals surface area contributed by atoms with Gasteiger partial charge in [-0.1, -0.05) is 44.2 Å². The molecule has 4 rings (SSSR count). The fourth-order valence-electron chi connectivity index (χ4n) is 6.13. The van der Waals surface area contributed by atoms with Crippen molar-refractivity contribution in [2.45, 2.75) is 98.0 Å². The van der Waals surface area contributed by atoms with Gasteiger partial charge in [-0.2, -0.15) is 39.5 Å². The van der Waals surface area contributed by atoms with E-state index < -0.39 is 64.7 Å². The van der Waals surface area contributed by atoms with Crippen LogP contribution in [0.3, 0.4) is 0 Å². The first-order valence-corrected chi connectivity index (χ1v) is 29.3. The van der Waals surface area contributed by atoms with E-state index in [1.807, 2.05) is 34.3 Å². The van der Waals surface area contributed by atoms with Gasteiger partial charge >= 0.3 is 36.8 Å². The summed E-state index contributed by atoms with van der Waals surface area (Å²) in [5.74, 6) is -2.02. The summed E-state index contributed by atoms with van der Waals surface area (Å²) < 4.78 is 124. The number of halogens is 9. The average molecular weight is 1340 g/mol. The number of ketones is 1. The van der Waals surface area contributed by atoms with E-state index in [1.165, 1.54) is 29.2 Å². The minimum absolute atomic E-state index is 0.0534. The Kier molecular flexibility index (Phi) is 48.9. The van der Waals surface area contributed by atoms with Gasteiger partial charge in [0, 0.05) is 83.1 Å². The summed E-state index contributed by atoms with van der Waals surface area (Å²) in [4.78, 5) is 75.1. The summed E-state index contributed by atoms with van der Waals surface area (Å²) in [7, 11) is 15.1. The Bertz CT molecular complexity index is 2590. The summed E-state index contributed by atoms with van der Waals surface area (Å²) in [6.45, 7) is 21.6. The maximum Gasteiger partial charge on any atom is 0.519 e. The van der Waals surface area contributed by atoms with Crippen molar-refractivity contribution in [2.24, 2.45) is 17.2 Å². The van der Waals surface area contributed by atoms with Crippen LogP contribution in [0, 0.1) is 0 Å². The van der Waals surface area contributed by atoms with Gasteiger partial charge in [0.2, 0.25) is 0 Å². The third kappa shape index (κ3) is 50.9. The van der Waals surface area contributed by atoms with E-state index in [1.54, 1.807) is 79.9 Å². The third-order valence-electron chi connectivity index (χ3n) is 10.6. The van der Waals surface area contributed by atoms with Crippen LogP contribution in [0.5, 0.6) is 0 Å². The number of carboxylic acid groups (broad SMARTS) is 1. The number of nitrogens with zero attached hydrogens (tertiary/aromatic N) is 4. The summed E-state index contributed by atoms with van der Waals surface area (Å²) >= 11 is 0. The summed E-state index contributed by atoms with van der Waals surface area (Å²) in [5, 5.41) is 17.3. The fourth-order valence-corrected chi connectivity index (χ4v) is 6.13. The van der Waals surface area contributed by atoms with E-state index in [0.29, 0.717) is 31.7 Å². The average Bonchev–Trinajstić information content (AvgIpc) is 1.14. The minimum Gasteiger partial charge on any atom is -0.478 e. The van der Waals surface area contributed by atoms with Gasteiger partial charge in [-0.25, -0.2) is 14.4 Å². The number of hydrogen-bond donors (Lipinski definition) is 7. The second kappa shape index (κ2) is 49.4. The largest absolute Gasteiger partial charge is 0.519 e. The number of Topliss-reactive ketones (excluding diaryl/α,β-unsaturated/α-hetero) is 1. The highest BCUT2D eigenvalue weighted by Gasteiger charge is 2.32. The van der Waals surface area contributed by atoms with Gasteiger partial charge in [0.1, 0.15) is 11.2 Å². The number of nitrogens with one attached hydrogen (secondary N) is 3. The zero-order chi connectivity index (χ0) is 72.8. The molecule has 0 spiro atoms. The van der Waals surface area contributed by atoms with Crippen LogP contribution in [0.2, 0.25) is 0 Å². The van der Waals surface area contributed by atoms with Gasteiger partial charge in [-0.05, 0) is 183 Å². The molecule has 0 aromatic heterocycles. The van der Waals surface area contributed by atoms with Crippen molar-refractivity contribution in [1.29, 1.82) is 0 Å². The maximum atomic E-state index is 12.5. The predicted molar refractivity (Wildman–Crippen MR) is 345 cm³/mol. The number of aromatic carboxylic acids is 1. The van der Waals surface area contributed by atoms with Crippen LogP contribution in [0.15, 0.2) is 103 Å². The standard InChI is InChI=1S/C19H19F3N2O2.C11H13F3N2O.C10H18O5.C8H5F3O2.C5H13N.C4H12N2.C4H11N.C3H10N2/c1-24(12-11-23-13-17(25)14-5-3-2-4-6-14)18(26)15-7-9-16(10-8-15)19(20,21)22;1-16(7-6-15)10(17)8-2-4-9(5-3-8)11(12,13)14;1-9(2,3)14-7(11)13-8(12)15-10(4,5)6;9-8(10,11)6-3-1-5(2-4-6)7(12)13;1-4-5-6(2)3;1-6(2)4-3-5;1-3-4-5-2;1-5-3-2-4/h2-10,23H,11-13H2,1H3;2-5H,6-7,15H2,1H3;1-6H3;1-4H,(H,12,13);4-5H2,1-3H3;3-5H2,1-2H3;5H,3-4H2,1-2H3;5H,2-4H2,1H3. The van der Waals surface area contributed by atoms with E-state index in [-0.39, 0.29) is 40.8 Å². The van der Waals surface area contributed by atoms with Crippen LogP contribution in [0.25, 0.3) is 0 Å². The number of benzene rings is 4. The van der Waals surface area contributed by atoms with Crippen molar-refractivity contribution >= 4 is 35.9 Å². The minimum atomic E-state index is -4.43. The molecule has 0 heterocycles. The predicted octanol–water partition coefficient (Wildman–Crippen LogP) is 10.5. The number of carbonyl (C=O) groups excluding carboxylic acids is 5. The molecule has 0 radical (unpaired) electrons. The highest BCUT2D eigenvalue weighted by atomic mass is 19.4. The molecule has 0 bridgehead atoms. The van der Waals surface area contributed by atoms with Crippen molar-refractivity contribution in [2.75, 3.05) is 128 Å². The zero-order valence-electron chi connectivity index (χ0n) is 56.6. The molecule has 0 fully saturated rings. The number of hydrogen-bond acceptors (Lipinski definition) is 17. The Morgan fingerprint density at radius 1 is 0.452 bits per heavy atom. The quantitative estimate of drug-likeness (QED) is 0.0151. The molecular weight excluding hydrogens is 1240 g/mol. The van der Waals surface area contributed by atoms with Gasteiger partial charge in [-0.15, -0.1) is 0 Å². The van der Waals surface area contributed by atoms with Gasteiger partial charge in [0.05, 0.1) is 28.8 Å². The third-order valence-corrected chi connectivity index (χ3v) is 10.6. The maximum absolute atomic E-state index is 12.5. The summed E-state index contributed by atoms with van der Waals surface area (Å²) in [6, 6.07) is 20.4. The lowest BCUT2D eigenvalue weighted by Gasteiger charge is -2.20. The molecular formula is C64H101F9N10O10. The molecule has 0 aliphatic heterocycles. The molecule has 0 unspecified atom stereocenters. The molecule has 29 heteroatoms. The van der Waals surface area contributed by atoms with Crippen molar-refractivity contribution in [3.63, 3.8) is 0 Å². The van der Waals surface area contributed by atoms with Crippen LogP contribution in [-0.2, 0) is 32.7 Å². The topological polar surface area (TPSA) is 277 Å². The Morgan fingerprint density at radius 2 is 0.806 bits per heavy atom. The van der Waals surface area contributed by atoms with Gasteiger partial charge in [0.25, 0.3) is 11.8 Å². The number of carbonyl (C=O) groups is 6. The first-order valence-electron chi connectivity index (χ1n) is 29.3. The van der Waals surface area contributed by atoms with Gasteiger partial charge < -0.3 is 72.1 Å². The molecule has 4 aromatic rings. The first-order chi connectivity index (χ1) is 42.9. The lowest BCUT2D eigenvalue weighted by Crippen LogP contribution is -2.35. The number of carboxylic acids is 1. The molecule has 2 amide bonds.